The summed E-state index contributed by atoms with van der Waals surface area (Å²) in [6, 6.07) is 11.8. The molecule has 0 aliphatic carbocycles. The molecule has 0 aliphatic rings. The van der Waals surface area contributed by atoms with Gasteiger partial charge in [0, 0.05) is 17.7 Å². The van der Waals surface area contributed by atoms with Gasteiger partial charge in [-0.15, -0.1) is 0 Å². The number of hydrogen-bond donors (Lipinski definition) is 2. The van der Waals surface area contributed by atoms with Crippen LogP contribution in [-0.2, 0) is 16.0 Å². The summed E-state index contributed by atoms with van der Waals surface area (Å²) in [5, 5.41) is 11.8. The topological polar surface area (TPSA) is 62.2 Å². The highest BCUT2D eigenvalue weighted by atomic mass is 32.2. The number of aromatic nitrogens is 1. The summed E-state index contributed by atoms with van der Waals surface area (Å²) >= 11 is 1.65. The second-order valence-corrected chi connectivity index (χ2v) is 7.38. The number of aryl methyl sites for hydroxylation is 1. The number of anilines is 1. The Morgan fingerprint density at radius 1 is 1.25 bits per heavy atom. The molecule has 1 aromatic carbocycles. The third kappa shape index (κ3) is 4.82. The lowest BCUT2D eigenvalue weighted by molar-refractivity contribution is -0.120. The number of thioether (sulfide) groups is 1. The minimum Gasteiger partial charge on any atom is -0.396 e. The summed E-state index contributed by atoms with van der Waals surface area (Å²) in [5.74, 6) is 1.96. The number of amides is 1. The predicted octanol–water partition coefficient (Wildman–Crippen LogP) is 3.53. The third-order valence-electron chi connectivity index (χ3n) is 3.91. The van der Waals surface area contributed by atoms with E-state index in [-0.39, 0.29) is 12.5 Å². The van der Waals surface area contributed by atoms with Gasteiger partial charge in [0.05, 0.1) is 12.0 Å². The summed E-state index contributed by atoms with van der Waals surface area (Å²) in [4.78, 5) is 16.9. The van der Waals surface area contributed by atoms with Gasteiger partial charge in [-0.1, -0.05) is 29.8 Å². The van der Waals surface area contributed by atoms with Crippen LogP contribution in [0.2, 0.25) is 0 Å². The lowest BCUT2D eigenvalue weighted by Gasteiger charge is -2.24. The van der Waals surface area contributed by atoms with Crippen molar-refractivity contribution in [2.45, 2.75) is 31.9 Å². The highest BCUT2D eigenvalue weighted by Crippen LogP contribution is 2.25. The van der Waals surface area contributed by atoms with Crippen molar-refractivity contribution in [1.82, 2.24) is 4.98 Å². The molecule has 0 saturated heterocycles. The van der Waals surface area contributed by atoms with Crippen molar-refractivity contribution in [1.29, 1.82) is 0 Å². The van der Waals surface area contributed by atoms with Crippen LogP contribution >= 0.6 is 11.8 Å². The fourth-order valence-corrected chi connectivity index (χ4v) is 2.95. The van der Waals surface area contributed by atoms with Crippen LogP contribution in [0.1, 0.15) is 30.5 Å². The van der Waals surface area contributed by atoms with E-state index in [0.29, 0.717) is 11.6 Å². The standard InChI is InChI=1S/C19H24N2O2S/c1-14-4-6-16(7-5-14)19(2,3)18(23)21-17-12-15(8-9-20-17)13-24-11-10-22/h4-9,12,22H,10-11,13H2,1-3H3,(H,20,21,23). The highest BCUT2D eigenvalue weighted by Gasteiger charge is 2.30. The Morgan fingerprint density at radius 3 is 2.62 bits per heavy atom. The Labute approximate surface area is 147 Å². The molecule has 0 radical (unpaired) electrons. The predicted molar refractivity (Wildman–Crippen MR) is 100 cm³/mol. The fourth-order valence-electron chi connectivity index (χ4n) is 2.26. The average Bonchev–Trinajstić information content (AvgIpc) is 2.56. The number of rotatable bonds is 7. The second-order valence-electron chi connectivity index (χ2n) is 6.27. The first kappa shape index (κ1) is 18.5. The molecule has 0 atom stereocenters. The molecule has 2 rings (SSSR count). The molecular formula is C19H24N2O2S. The molecule has 24 heavy (non-hydrogen) atoms. The molecule has 0 fully saturated rings. The van der Waals surface area contributed by atoms with Gasteiger partial charge < -0.3 is 10.4 Å². The monoisotopic (exact) mass is 344 g/mol. The zero-order valence-electron chi connectivity index (χ0n) is 14.4. The summed E-state index contributed by atoms with van der Waals surface area (Å²) in [6.45, 7) is 6.02. The molecule has 2 aromatic rings. The maximum atomic E-state index is 12.7. The molecule has 5 heteroatoms. The van der Waals surface area contributed by atoms with Crippen molar-refractivity contribution in [3.63, 3.8) is 0 Å². The van der Waals surface area contributed by atoms with Gasteiger partial charge in [-0.25, -0.2) is 4.98 Å². The zero-order chi connectivity index (χ0) is 17.6. The van der Waals surface area contributed by atoms with E-state index in [1.165, 1.54) is 5.56 Å². The molecule has 0 aliphatic heterocycles. The van der Waals surface area contributed by atoms with Crippen LogP contribution < -0.4 is 5.32 Å². The van der Waals surface area contributed by atoms with Gasteiger partial charge in [0.25, 0.3) is 0 Å². The van der Waals surface area contributed by atoms with E-state index < -0.39 is 5.41 Å². The Morgan fingerprint density at radius 2 is 1.96 bits per heavy atom. The minimum absolute atomic E-state index is 0.0842. The molecule has 0 unspecified atom stereocenters. The number of nitrogens with zero attached hydrogens (tertiary/aromatic N) is 1. The summed E-state index contributed by atoms with van der Waals surface area (Å²) in [7, 11) is 0. The Hall–Kier alpha value is -1.85. The molecule has 1 heterocycles. The average molecular weight is 344 g/mol. The van der Waals surface area contributed by atoms with Gasteiger partial charge in [-0.2, -0.15) is 11.8 Å². The summed E-state index contributed by atoms with van der Waals surface area (Å²) in [5.41, 5.74) is 2.58. The van der Waals surface area contributed by atoms with Gasteiger partial charge in [0.15, 0.2) is 0 Å². The summed E-state index contributed by atoms with van der Waals surface area (Å²) in [6.07, 6.45) is 1.70. The van der Waals surface area contributed by atoms with E-state index in [1.54, 1.807) is 18.0 Å². The maximum absolute atomic E-state index is 12.7. The number of carbonyl (C=O) groups excluding carboxylic acids is 1. The molecule has 128 valence electrons. The van der Waals surface area contributed by atoms with E-state index in [1.807, 2.05) is 57.2 Å². The van der Waals surface area contributed by atoms with Crippen molar-refractivity contribution in [3.8, 4) is 0 Å². The first-order chi connectivity index (χ1) is 11.4. The molecule has 0 bridgehead atoms. The van der Waals surface area contributed by atoms with E-state index in [0.717, 1.165) is 16.9 Å². The first-order valence-electron chi connectivity index (χ1n) is 7.95. The van der Waals surface area contributed by atoms with Crippen molar-refractivity contribution < 1.29 is 9.90 Å². The van der Waals surface area contributed by atoms with Crippen LogP contribution in [0.25, 0.3) is 0 Å². The molecule has 0 saturated carbocycles. The van der Waals surface area contributed by atoms with Crippen molar-refractivity contribution in [3.05, 3.63) is 59.3 Å². The molecule has 4 nitrogen and oxygen atoms in total. The van der Waals surface area contributed by atoms with E-state index >= 15 is 0 Å². The van der Waals surface area contributed by atoms with Crippen molar-refractivity contribution in [2.75, 3.05) is 17.7 Å². The number of nitrogens with one attached hydrogen (secondary N) is 1. The smallest absolute Gasteiger partial charge is 0.235 e. The number of pyridine rings is 1. The number of aliphatic hydroxyl groups is 1. The number of aliphatic hydroxyl groups excluding tert-OH is 1. The van der Waals surface area contributed by atoms with Gasteiger partial charge in [0.1, 0.15) is 5.82 Å². The summed E-state index contributed by atoms with van der Waals surface area (Å²) < 4.78 is 0. The van der Waals surface area contributed by atoms with Gasteiger partial charge in [0.2, 0.25) is 5.91 Å². The molecule has 1 aromatic heterocycles. The van der Waals surface area contributed by atoms with Crippen LogP contribution in [0.5, 0.6) is 0 Å². The Bertz CT molecular complexity index is 684. The second kappa shape index (κ2) is 8.31. The highest BCUT2D eigenvalue weighted by molar-refractivity contribution is 7.98. The number of carbonyl (C=O) groups is 1. The Kier molecular flexibility index (Phi) is 6.40. The van der Waals surface area contributed by atoms with Crippen LogP contribution in [0.3, 0.4) is 0 Å². The quantitative estimate of drug-likeness (QED) is 0.754. The van der Waals surface area contributed by atoms with Crippen LogP contribution in [-0.4, -0.2) is 28.4 Å². The molecule has 1 amide bonds. The SMILES string of the molecule is Cc1ccc(C(C)(C)C(=O)Nc2cc(CSCCO)ccn2)cc1. The zero-order valence-corrected chi connectivity index (χ0v) is 15.2. The van der Waals surface area contributed by atoms with Crippen molar-refractivity contribution >= 4 is 23.5 Å². The van der Waals surface area contributed by atoms with Gasteiger partial charge in [-0.05, 0) is 44.0 Å². The molecular weight excluding hydrogens is 320 g/mol. The van der Waals surface area contributed by atoms with E-state index in [2.05, 4.69) is 10.3 Å². The molecule has 0 spiro atoms. The first-order valence-corrected chi connectivity index (χ1v) is 9.11. The van der Waals surface area contributed by atoms with Crippen molar-refractivity contribution in [2.24, 2.45) is 0 Å². The maximum Gasteiger partial charge on any atom is 0.235 e. The van der Waals surface area contributed by atoms with Crippen LogP contribution in [0.15, 0.2) is 42.6 Å². The third-order valence-corrected chi connectivity index (χ3v) is 4.92. The fraction of sp³-hybridized carbons (Fsp3) is 0.368. The number of hydrogen-bond acceptors (Lipinski definition) is 4. The van der Waals surface area contributed by atoms with Gasteiger partial charge >= 0.3 is 0 Å². The van der Waals surface area contributed by atoms with Crippen LogP contribution in [0.4, 0.5) is 5.82 Å². The van der Waals surface area contributed by atoms with Gasteiger partial charge in [-0.3, -0.25) is 4.79 Å². The lowest BCUT2D eigenvalue weighted by Crippen LogP contribution is -2.35. The normalized spacial score (nSPS) is 11.3. The largest absolute Gasteiger partial charge is 0.396 e. The molecule has 2 N–H and O–H groups in total. The number of benzene rings is 1. The van der Waals surface area contributed by atoms with E-state index in [4.69, 9.17) is 5.11 Å². The van der Waals surface area contributed by atoms with Crippen LogP contribution in [0, 0.1) is 6.92 Å². The minimum atomic E-state index is -0.642. The van der Waals surface area contributed by atoms with E-state index in [9.17, 15) is 4.79 Å². The Balaban J connectivity index is 2.08. The lowest BCUT2D eigenvalue weighted by atomic mass is 9.83.